The van der Waals surface area contributed by atoms with Crippen LogP contribution in [0.15, 0.2) is 29.3 Å². The first-order chi connectivity index (χ1) is 8.97. The Balaban J connectivity index is 2.12. The number of aryl methyl sites for hydroxylation is 1. The molecule has 0 radical (unpaired) electrons. The van der Waals surface area contributed by atoms with Crippen LogP contribution < -0.4 is 16.7 Å². The number of nitrogens with one attached hydrogen (secondary N) is 1. The molecule has 0 saturated heterocycles. The molecular weight excluding hydrogens is 270 g/mol. The topological polar surface area (TPSA) is 94.9 Å². The van der Waals surface area contributed by atoms with Crippen molar-refractivity contribution in [3.8, 4) is 0 Å². The van der Waals surface area contributed by atoms with E-state index in [1.165, 1.54) is 10.9 Å². The lowest BCUT2D eigenvalue weighted by atomic mass is 10.3. The number of aromatic nitrogens is 3. The summed E-state index contributed by atoms with van der Waals surface area (Å²) in [6, 6.07) is 4.75. The highest BCUT2D eigenvalue weighted by Crippen LogP contribution is 2.23. The summed E-state index contributed by atoms with van der Waals surface area (Å²) >= 11 is 5.92. The fourth-order valence-corrected chi connectivity index (χ4v) is 1.66. The predicted molar refractivity (Wildman–Crippen MR) is 72.0 cm³/mol. The van der Waals surface area contributed by atoms with Gasteiger partial charge < -0.3 is 11.1 Å². The lowest BCUT2D eigenvalue weighted by molar-refractivity contribution is -0.117. The van der Waals surface area contributed by atoms with E-state index in [4.69, 9.17) is 17.3 Å². The maximum Gasteiger partial charge on any atom is 0.345 e. The van der Waals surface area contributed by atoms with E-state index in [9.17, 15) is 9.59 Å². The zero-order valence-electron chi connectivity index (χ0n) is 10.1. The van der Waals surface area contributed by atoms with Crippen LogP contribution in [0.3, 0.4) is 0 Å². The van der Waals surface area contributed by atoms with Crippen LogP contribution in [0.5, 0.6) is 0 Å². The number of hydrogen-bond donors (Lipinski definition) is 2. The first kappa shape index (κ1) is 13.2. The lowest BCUT2D eigenvalue weighted by Crippen LogP contribution is -2.29. The second-order valence-electron chi connectivity index (χ2n) is 3.97. The van der Waals surface area contributed by atoms with Crippen LogP contribution in [0.2, 0.25) is 5.02 Å². The highest BCUT2D eigenvalue weighted by atomic mass is 35.5. The second kappa shape index (κ2) is 5.15. The van der Waals surface area contributed by atoms with Gasteiger partial charge in [0.2, 0.25) is 5.91 Å². The summed E-state index contributed by atoms with van der Waals surface area (Å²) in [6.07, 6.45) is 1.34. The molecule has 0 atom stereocenters. The van der Waals surface area contributed by atoms with Crippen molar-refractivity contribution in [3.63, 3.8) is 0 Å². The van der Waals surface area contributed by atoms with Crippen molar-refractivity contribution in [2.45, 2.75) is 6.54 Å². The van der Waals surface area contributed by atoms with Crippen LogP contribution >= 0.6 is 11.6 Å². The molecule has 0 unspecified atom stereocenters. The second-order valence-corrected chi connectivity index (χ2v) is 4.38. The molecule has 1 amide bonds. The Bertz CT molecular complexity index is 676. The van der Waals surface area contributed by atoms with Crippen LogP contribution in [0.4, 0.5) is 11.4 Å². The molecule has 0 bridgehead atoms. The van der Waals surface area contributed by atoms with Crippen LogP contribution in [0, 0.1) is 0 Å². The predicted octanol–water partition coefficient (Wildman–Crippen LogP) is 0.456. The first-order valence-corrected chi connectivity index (χ1v) is 5.78. The summed E-state index contributed by atoms with van der Waals surface area (Å²) in [5.74, 6) is -0.409. The van der Waals surface area contributed by atoms with Gasteiger partial charge in [-0.15, -0.1) is 0 Å². The Morgan fingerprint density at radius 3 is 2.89 bits per heavy atom. The van der Waals surface area contributed by atoms with Crippen molar-refractivity contribution in [2.24, 2.45) is 7.05 Å². The molecule has 1 aromatic heterocycles. The Morgan fingerprint density at radius 2 is 2.26 bits per heavy atom. The van der Waals surface area contributed by atoms with Crippen molar-refractivity contribution < 1.29 is 4.79 Å². The largest absolute Gasteiger partial charge is 0.399 e. The number of nitrogens with zero attached hydrogens (tertiary/aromatic N) is 3. The van der Waals surface area contributed by atoms with Gasteiger partial charge in [-0.25, -0.2) is 9.48 Å². The number of anilines is 2. The van der Waals surface area contributed by atoms with Gasteiger partial charge in [-0.1, -0.05) is 11.6 Å². The van der Waals surface area contributed by atoms with Crippen molar-refractivity contribution in [1.82, 2.24) is 14.3 Å². The third kappa shape index (κ3) is 2.94. The number of halogens is 1. The summed E-state index contributed by atoms with van der Waals surface area (Å²) in [5.41, 5.74) is 6.12. The van der Waals surface area contributed by atoms with Crippen LogP contribution in [-0.2, 0) is 18.4 Å². The molecule has 1 heterocycles. The summed E-state index contributed by atoms with van der Waals surface area (Å²) in [6.45, 7) is -0.190. The summed E-state index contributed by atoms with van der Waals surface area (Å²) in [4.78, 5) is 23.3. The molecule has 0 spiro atoms. The van der Waals surface area contributed by atoms with Crippen LogP contribution in [0.1, 0.15) is 0 Å². The van der Waals surface area contributed by atoms with Crippen molar-refractivity contribution in [3.05, 3.63) is 40.0 Å². The number of benzene rings is 1. The van der Waals surface area contributed by atoms with E-state index in [0.717, 1.165) is 4.68 Å². The average Bonchev–Trinajstić information content (AvgIpc) is 2.66. The van der Waals surface area contributed by atoms with E-state index < -0.39 is 5.91 Å². The number of nitrogens with two attached hydrogens (primary N) is 1. The molecule has 0 fully saturated rings. The zero-order chi connectivity index (χ0) is 14.0. The molecule has 8 heteroatoms. The van der Waals surface area contributed by atoms with E-state index in [0.29, 0.717) is 16.4 Å². The third-order valence-corrected chi connectivity index (χ3v) is 2.77. The Kier molecular flexibility index (Phi) is 3.57. The molecule has 0 aliphatic heterocycles. The molecule has 0 saturated carbocycles. The van der Waals surface area contributed by atoms with E-state index in [1.807, 2.05) is 0 Å². The molecule has 7 nitrogen and oxygen atoms in total. The van der Waals surface area contributed by atoms with Gasteiger partial charge in [0.25, 0.3) is 0 Å². The SMILES string of the molecule is Cn1cnn(CC(=O)Nc2cc(N)ccc2Cl)c1=O. The molecule has 1 aromatic carbocycles. The van der Waals surface area contributed by atoms with Crippen molar-refractivity contribution >= 4 is 28.9 Å². The van der Waals surface area contributed by atoms with E-state index in [1.54, 1.807) is 25.2 Å². The first-order valence-electron chi connectivity index (χ1n) is 5.40. The Labute approximate surface area is 113 Å². The minimum Gasteiger partial charge on any atom is -0.399 e. The molecule has 0 aliphatic rings. The van der Waals surface area contributed by atoms with Crippen molar-refractivity contribution in [1.29, 1.82) is 0 Å². The summed E-state index contributed by atoms with van der Waals surface area (Å²) < 4.78 is 2.33. The molecule has 19 heavy (non-hydrogen) atoms. The van der Waals surface area contributed by atoms with E-state index >= 15 is 0 Å². The molecule has 2 rings (SSSR count). The smallest absolute Gasteiger partial charge is 0.345 e. The van der Waals surface area contributed by atoms with Gasteiger partial charge in [0.05, 0.1) is 10.7 Å². The van der Waals surface area contributed by atoms with Gasteiger partial charge in [0.15, 0.2) is 0 Å². The minimum absolute atomic E-state index is 0.190. The molecule has 100 valence electrons. The van der Waals surface area contributed by atoms with Gasteiger partial charge in [-0.2, -0.15) is 5.10 Å². The number of hydrogen-bond acceptors (Lipinski definition) is 4. The summed E-state index contributed by atoms with van der Waals surface area (Å²) in [5, 5.41) is 6.73. The maximum absolute atomic E-state index is 11.8. The molecular formula is C11H12ClN5O2. The molecule has 0 aliphatic carbocycles. The normalized spacial score (nSPS) is 10.4. The van der Waals surface area contributed by atoms with E-state index in [2.05, 4.69) is 10.4 Å². The van der Waals surface area contributed by atoms with Gasteiger partial charge in [-0.3, -0.25) is 9.36 Å². The number of nitrogen functional groups attached to an aromatic ring is 1. The average molecular weight is 282 g/mol. The number of carbonyl (C=O) groups excluding carboxylic acids is 1. The quantitative estimate of drug-likeness (QED) is 0.799. The minimum atomic E-state index is -0.409. The highest BCUT2D eigenvalue weighted by Gasteiger charge is 2.10. The molecule has 3 N–H and O–H groups in total. The third-order valence-electron chi connectivity index (χ3n) is 2.44. The van der Waals surface area contributed by atoms with Gasteiger partial charge in [0.1, 0.15) is 12.9 Å². The van der Waals surface area contributed by atoms with Crippen molar-refractivity contribution in [2.75, 3.05) is 11.1 Å². The fraction of sp³-hybridized carbons (Fsp3) is 0.182. The van der Waals surface area contributed by atoms with Gasteiger partial charge >= 0.3 is 5.69 Å². The van der Waals surface area contributed by atoms with E-state index in [-0.39, 0.29) is 12.2 Å². The fourth-order valence-electron chi connectivity index (χ4n) is 1.49. The van der Waals surface area contributed by atoms with Crippen LogP contribution in [0.25, 0.3) is 0 Å². The van der Waals surface area contributed by atoms with Gasteiger partial charge in [-0.05, 0) is 18.2 Å². The molecule has 2 aromatic rings. The number of carbonyl (C=O) groups is 1. The number of amides is 1. The zero-order valence-corrected chi connectivity index (χ0v) is 10.9. The maximum atomic E-state index is 11.8. The summed E-state index contributed by atoms with van der Waals surface area (Å²) in [7, 11) is 1.55. The Morgan fingerprint density at radius 1 is 1.53 bits per heavy atom. The van der Waals surface area contributed by atoms with Crippen LogP contribution in [-0.4, -0.2) is 20.3 Å². The lowest BCUT2D eigenvalue weighted by Gasteiger charge is -2.07. The number of rotatable bonds is 3. The van der Waals surface area contributed by atoms with Gasteiger partial charge in [0, 0.05) is 12.7 Å². The monoisotopic (exact) mass is 281 g/mol. The Hall–Kier alpha value is -2.28. The standard InChI is InChI=1S/C11H12ClN5O2/c1-16-6-14-17(11(16)19)5-10(18)15-9-4-7(13)2-3-8(9)12/h2-4,6H,5,13H2,1H3,(H,15,18). The highest BCUT2D eigenvalue weighted by molar-refractivity contribution is 6.33.